The Hall–Kier alpha value is -3.67. The number of ether oxygens (including phenoxy) is 2. The highest BCUT2D eigenvalue weighted by atomic mass is 32.1. The lowest BCUT2D eigenvalue weighted by atomic mass is 9.85. The number of nitrogens with two attached hydrogens (primary N) is 1. The molecule has 1 aromatic carbocycles. The molecule has 2 aliphatic rings. The number of amides is 3. The zero-order valence-electron chi connectivity index (χ0n) is 29.8. The fourth-order valence-corrected chi connectivity index (χ4v) is 7.89. The molecular formula is C36H52N6O5S. The van der Waals surface area contributed by atoms with Gasteiger partial charge in [-0.25, -0.2) is 9.78 Å². The molecule has 11 nitrogen and oxygen atoms in total. The fourth-order valence-electron chi connectivity index (χ4n) is 6.97. The quantitative estimate of drug-likeness (QED) is 0.266. The molecule has 1 unspecified atom stereocenters. The van der Waals surface area contributed by atoms with Crippen molar-refractivity contribution in [2.75, 3.05) is 6.54 Å². The van der Waals surface area contributed by atoms with Gasteiger partial charge in [0.25, 0.3) is 6.01 Å². The van der Waals surface area contributed by atoms with E-state index in [1.807, 2.05) is 44.4 Å². The molecule has 3 N–H and O–H groups in total. The summed E-state index contributed by atoms with van der Waals surface area (Å²) in [6.45, 7) is 16.9. The summed E-state index contributed by atoms with van der Waals surface area (Å²) < 4.78 is 14.2. The molecule has 3 heterocycles. The standard InChI is InChI=1S/C36H52N6O5S/c1-20(2)42-25-17-13-16-23(31-38-24(19-48-31)22-14-11-10-12-15-22)27(25)39-33(42)46-26-18-41(28(21(26)3)30(37)43)32(44)29(35(4,5)6)40-34(45)47-36(7,8)9/h13,16-17,19-22,26,28-29H,10-12,14-15,18H2,1-9H3,(H2,37,43)(H,40,45)/t21?,26-,28-,29+/m0/s1. The molecule has 0 radical (unpaired) electrons. The average molecular weight is 681 g/mol. The van der Waals surface area contributed by atoms with E-state index in [-0.39, 0.29) is 12.6 Å². The summed E-state index contributed by atoms with van der Waals surface area (Å²) in [7, 11) is 0. The second kappa shape index (κ2) is 13.7. The number of alkyl carbamates (subject to hydrolysis) is 1. The number of primary amides is 1. The van der Waals surface area contributed by atoms with E-state index >= 15 is 0 Å². The van der Waals surface area contributed by atoms with Crippen molar-refractivity contribution in [2.24, 2.45) is 17.1 Å². The van der Waals surface area contributed by atoms with Crippen LogP contribution in [0, 0.1) is 11.3 Å². The van der Waals surface area contributed by atoms with Crippen LogP contribution in [0.25, 0.3) is 21.6 Å². The Labute approximate surface area is 288 Å². The van der Waals surface area contributed by atoms with E-state index in [4.69, 9.17) is 25.2 Å². The maximum Gasteiger partial charge on any atom is 0.408 e. The van der Waals surface area contributed by atoms with Crippen LogP contribution in [-0.4, -0.2) is 67.7 Å². The highest BCUT2D eigenvalue weighted by Gasteiger charge is 2.50. The number of likely N-dealkylation sites (tertiary alicyclic amines) is 1. The van der Waals surface area contributed by atoms with E-state index in [0.717, 1.165) is 21.6 Å². The molecule has 3 amide bonds. The number of hydrogen-bond acceptors (Lipinski definition) is 8. The number of carbonyl (C=O) groups excluding carboxylic acids is 3. The lowest BCUT2D eigenvalue weighted by Crippen LogP contribution is -2.58. The van der Waals surface area contributed by atoms with Gasteiger partial charge >= 0.3 is 6.09 Å². The van der Waals surface area contributed by atoms with E-state index in [1.54, 1.807) is 32.1 Å². The van der Waals surface area contributed by atoms with Gasteiger partial charge in [0, 0.05) is 28.8 Å². The first-order valence-electron chi connectivity index (χ1n) is 17.2. The molecule has 1 saturated carbocycles. The van der Waals surface area contributed by atoms with Crippen LogP contribution in [0.2, 0.25) is 0 Å². The van der Waals surface area contributed by atoms with E-state index in [2.05, 4.69) is 30.6 Å². The van der Waals surface area contributed by atoms with Gasteiger partial charge in [0.05, 0.1) is 17.8 Å². The van der Waals surface area contributed by atoms with Crippen molar-refractivity contribution in [2.45, 2.75) is 130 Å². The van der Waals surface area contributed by atoms with Gasteiger partial charge in [-0.3, -0.25) is 14.2 Å². The number of nitrogens with zero attached hydrogens (tertiary/aromatic N) is 4. The highest BCUT2D eigenvalue weighted by molar-refractivity contribution is 7.13. The van der Waals surface area contributed by atoms with E-state index in [9.17, 15) is 14.4 Å². The largest absolute Gasteiger partial charge is 0.459 e. The average Bonchev–Trinajstić information content (AvgIpc) is 3.70. The van der Waals surface area contributed by atoms with Gasteiger partial charge in [0.1, 0.15) is 34.3 Å². The lowest BCUT2D eigenvalue weighted by Gasteiger charge is -2.35. The minimum Gasteiger partial charge on any atom is -0.459 e. The Kier molecular flexibility index (Phi) is 10.2. The molecule has 0 spiro atoms. The molecule has 1 aliphatic carbocycles. The number of fused-ring (bicyclic) bond motifs is 1. The summed E-state index contributed by atoms with van der Waals surface area (Å²) in [5.74, 6) is -0.984. The summed E-state index contributed by atoms with van der Waals surface area (Å²) in [6.07, 6.45) is 4.89. The Bertz CT molecular complexity index is 1640. The molecule has 2 fully saturated rings. The van der Waals surface area contributed by atoms with Crippen LogP contribution < -0.4 is 15.8 Å². The smallest absolute Gasteiger partial charge is 0.408 e. The lowest BCUT2D eigenvalue weighted by molar-refractivity contribution is -0.141. The first-order valence-corrected chi connectivity index (χ1v) is 18.1. The van der Waals surface area contributed by atoms with Gasteiger partial charge in [-0.2, -0.15) is 4.98 Å². The molecule has 12 heteroatoms. The zero-order chi connectivity index (χ0) is 35.1. The van der Waals surface area contributed by atoms with Gasteiger partial charge in [0.15, 0.2) is 0 Å². The number of para-hydroxylation sites is 1. The number of nitrogens with one attached hydrogen (secondary N) is 1. The van der Waals surface area contributed by atoms with Gasteiger partial charge in [0.2, 0.25) is 11.8 Å². The second-order valence-corrected chi connectivity index (χ2v) is 16.6. The normalized spacial score (nSPS) is 21.5. The van der Waals surface area contributed by atoms with Gasteiger partial charge in [-0.05, 0) is 65.0 Å². The Morgan fingerprint density at radius 3 is 2.33 bits per heavy atom. The minimum absolute atomic E-state index is 0.0130. The van der Waals surface area contributed by atoms with Crippen molar-refractivity contribution < 1.29 is 23.9 Å². The predicted octanol–water partition coefficient (Wildman–Crippen LogP) is 6.81. The van der Waals surface area contributed by atoms with Gasteiger partial charge in [-0.1, -0.05) is 53.0 Å². The molecule has 48 heavy (non-hydrogen) atoms. The third-order valence-electron chi connectivity index (χ3n) is 9.38. The molecule has 0 bridgehead atoms. The van der Waals surface area contributed by atoms with Crippen LogP contribution in [0.3, 0.4) is 0 Å². The third-order valence-corrected chi connectivity index (χ3v) is 10.3. The SMILES string of the molecule is CC1[C@@H](Oc2nc3c(-c4nc(C5CCCCC5)cs4)cccc3n2C(C)C)CN(C(=O)[C@@H](NC(=O)OC(C)(C)C)C(C)(C)C)[C@@H]1C(N)=O. The van der Waals surface area contributed by atoms with Crippen molar-refractivity contribution in [3.05, 3.63) is 29.3 Å². The zero-order valence-corrected chi connectivity index (χ0v) is 30.6. The van der Waals surface area contributed by atoms with Crippen molar-refractivity contribution in [1.82, 2.24) is 24.8 Å². The molecule has 3 aromatic rings. The Morgan fingerprint density at radius 1 is 1.04 bits per heavy atom. The molecule has 1 saturated heterocycles. The number of imidazole rings is 1. The minimum atomic E-state index is -0.972. The van der Waals surface area contributed by atoms with Crippen LogP contribution in [0.15, 0.2) is 23.6 Å². The fraction of sp³-hybridized carbons (Fsp3) is 0.639. The molecule has 4 atom stereocenters. The van der Waals surface area contributed by atoms with Crippen LogP contribution in [0.1, 0.15) is 112 Å². The maximum atomic E-state index is 14.2. The first-order chi connectivity index (χ1) is 22.5. The molecule has 262 valence electrons. The summed E-state index contributed by atoms with van der Waals surface area (Å²) in [5, 5.41) is 5.88. The van der Waals surface area contributed by atoms with Crippen LogP contribution in [0.5, 0.6) is 6.01 Å². The van der Waals surface area contributed by atoms with Crippen LogP contribution in [0.4, 0.5) is 4.79 Å². The summed E-state index contributed by atoms with van der Waals surface area (Å²) in [6, 6.07) is 4.62. The summed E-state index contributed by atoms with van der Waals surface area (Å²) in [4.78, 5) is 51.4. The topological polar surface area (TPSA) is 142 Å². The summed E-state index contributed by atoms with van der Waals surface area (Å²) in [5.41, 5.74) is 8.33. The molecule has 5 rings (SSSR count). The predicted molar refractivity (Wildman–Crippen MR) is 188 cm³/mol. The number of aromatic nitrogens is 3. The molecule has 1 aliphatic heterocycles. The van der Waals surface area contributed by atoms with Crippen LogP contribution in [-0.2, 0) is 14.3 Å². The highest BCUT2D eigenvalue weighted by Crippen LogP contribution is 2.39. The Balaban J connectivity index is 1.45. The monoisotopic (exact) mass is 680 g/mol. The van der Waals surface area contributed by atoms with Crippen molar-refractivity contribution in [1.29, 1.82) is 0 Å². The van der Waals surface area contributed by atoms with Crippen LogP contribution >= 0.6 is 11.3 Å². The third kappa shape index (κ3) is 7.48. The number of benzene rings is 1. The number of rotatable bonds is 8. The molecular weight excluding hydrogens is 629 g/mol. The number of thiazole rings is 1. The van der Waals surface area contributed by atoms with Gasteiger partial charge < -0.3 is 25.4 Å². The Morgan fingerprint density at radius 2 is 1.73 bits per heavy atom. The van der Waals surface area contributed by atoms with E-state index < -0.39 is 53.0 Å². The second-order valence-electron chi connectivity index (χ2n) is 15.7. The van der Waals surface area contributed by atoms with Crippen molar-refractivity contribution >= 4 is 40.3 Å². The van der Waals surface area contributed by atoms with E-state index in [1.165, 1.54) is 42.7 Å². The van der Waals surface area contributed by atoms with E-state index in [0.29, 0.717) is 11.9 Å². The summed E-state index contributed by atoms with van der Waals surface area (Å²) >= 11 is 1.65. The molecule has 2 aromatic heterocycles. The number of hydrogen-bond donors (Lipinski definition) is 2. The van der Waals surface area contributed by atoms with Crippen molar-refractivity contribution in [3.8, 4) is 16.6 Å². The maximum absolute atomic E-state index is 14.2. The first kappa shape index (κ1) is 35.6. The van der Waals surface area contributed by atoms with Crippen molar-refractivity contribution in [3.63, 3.8) is 0 Å². The number of carbonyl (C=O) groups is 3. The van der Waals surface area contributed by atoms with Gasteiger partial charge in [-0.15, -0.1) is 11.3 Å².